The van der Waals surface area contributed by atoms with Gasteiger partial charge in [0.2, 0.25) is 0 Å². The van der Waals surface area contributed by atoms with Gasteiger partial charge in [0, 0.05) is 11.4 Å². The van der Waals surface area contributed by atoms with Crippen LogP contribution < -0.4 is 5.73 Å². The van der Waals surface area contributed by atoms with E-state index in [2.05, 4.69) is 35.8 Å². The van der Waals surface area contributed by atoms with Crippen molar-refractivity contribution in [2.45, 2.75) is 26.8 Å². The van der Waals surface area contributed by atoms with Gasteiger partial charge in [-0.15, -0.1) is 11.3 Å². The smallest absolute Gasteiger partial charge is 0.268 e. The van der Waals surface area contributed by atoms with Crippen molar-refractivity contribution >= 4 is 11.3 Å². The molecule has 0 amide bonds. The molecule has 2 N–H and O–H groups in total. The second-order valence-electron chi connectivity index (χ2n) is 4.46. The maximum Gasteiger partial charge on any atom is 0.268 e. The number of hydrogen-bond donors (Lipinski definition) is 1. The normalized spacial score (nSPS) is 13.1. The highest BCUT2D eigenvalue weighted by molar-refractivity contribution is 7.15. The first kappa shape index (κ1) is 14.2. The molecule has 0 aromatic carbocycles. The molecule has 2 aromatic rings. The van der Waals surface area contributed by atoms with Crippen LogP contribution in [-0.4, -0.2) is 34.7 Å². The Kier molecular flexibility index (Phi) is 4.68. The first-order valence-corrected chi connectivity index (χ1v) is 7.34. The van der Waals surface area contributed by atoms with Crippen LogP contribution in [0.15, 0.2) is 16.7 Å². The SMILES string of the molecule is CCN(CC)CC(N)c1noc(-c2ccc(C)s2)n1. The molecule has 1 unspecified atom stereocenters. The predicted molar refractivity (Wildman–Crippen MR) is 77.1 cm³/mol. The second-order valence-corrected chi connectivity index (χ2v) is 5.75. The third-order valence-electron chi connectivity index (χ3n) is 3.07. The highest BCUT2D eigenvalue weighted by atomic mass is 32.1. The lowest BCUT2D eigenvalue weighted by atomic mass is 10.2. The fraction of sp³-hybridized carbons (Fsp3) is 0.538. The van der Waals surface area contributed by atoms with Crippen molar-refractivity contribution in [2.75, 3.05) is 19.6 Å². The molecule has 2 aromatic heterocycles. The van der Waals surface area contributed by atoms with Crippen molar-refractivity contribution in [3.63, 3.8) is 0 Å². The number of rotatable bonds is 6. The Morgan fingerprint density at radius 1 is 1.37 bits per heavy atom. The number of likely N-dealkylation sites (N-methyl/N-ethyl adjacent to an activating group) is 1. The van der Waals surface area contributed by atoms with Gasteiger partial charge >= 0.3 is 0 Å². The molecule has 0 saturated carbocycles. The van der Waals surface area contributed by atoms with E-state index in [-0.39, 0.29) is 6.04 Å². The molecule has 0 fully saturated rings. The second kappa shape index (κ2) is 6.27. The van der Waals surface area contributed by atoms with Crippen molar-refractivity contribution < 1.29 is 4.52 Å². The lowest BCUT2D eigenvalue weighted by molar-refractivity contribution is 0.278. The molecule has 2 rings (SSSR count). The Hall–Kier alpha value is -1.24. The van der Waals surface area contributed by atoms with Gasteiger partial charge < -0.3 is 15.2 Å². The zero-order valence-electron chi connectivity index (χ0n) is 11.6. The number of nitrogens with zero attached hydrogens (tertiary/aromatic N) is 3. The van der Waals surface area contributed by atoms with Crippen molar-refractivity contribution in [2.24, 2.45) is 5.73 Å². The van der Waals surface area contributed by atoms with Gasteiger partial charge in [0.25, 0.3) is 5.89 Å². The van der Waals surface area contributed by atoms with E-state index >= 15 is 0 Å². The van der Waals surface area contributed by atoms with E-state index < -0.39 is 0 Å². The molecule has 0 spiro atoms. The van der Waals surface area contributed by atoms with Crippen LogP contribution in [0.25, 0.3) is 10.8 Å². The molecule has 0 aliphatic rings. The van der Waals surface area contributed by atoms with Gasteiger partial charge in [-0.1, -0.05) is 19.0 Å². The average Bonchev–Trinajstić information content (AvgIpc) is 3.04. The number of nitrogens with two attached hydrogens (primary N) is 1. The molecule has 1 atom stereocenters. The van der Waals surface area contributed by atoms with E-state index in [0.717, 1.165) is 24.5 Å². The summed E-state index contributed by atoms with van der Waals surface area (Å²) in [5.74, 6) is 1.14. The van der Waals surface area contributed by atoms with Gasteiger partial charge in [0.15, 0.2) is 5.82 Å². The van der Waals surface area contributed by atoms with Crippen LogP contribution in [0, 0.1) is 6.92 Å². The van der Waals surface area contributed by atoms with Crippen LogP contribution in [0.3, 0.4) is 0 Å². The molecule has 0 radical (unpaired) electrons. The largest absolute Gasteiger partial charge is 0.333 e. The van der Waals surface area contributed by atoms with Crippen LogP contribution in [-0.2, 0) is 0 Å². The van der Waals surface area contributed by atoms with Crippen LogP contribution in [0.1, 0.15) is 30.6 Å². The van der Waals surface area contributed by atoms with Crippen LogP contribution in [0.2, 0.25) is 0 Å². The molecule has 5 nitrogen and oxygen atoms in total. The van der Waals surface area contributed by atoms with Crippen molar-refractivity contribution in [1.29, 1.82) is 0 Å². The highest BCUT2D eigenvalue weighted by Gasteiger charge is 2.17. The molecule has 0 aliphatic heterocycles. The zero-order valence-corrected chi connectivity index (χ0v) is 12.4. The van der Waals surface area contributed by atoms with E-state index in [1.807, 2.05) is 12.1 Å². The summed E-state index contributed by atoms with van der Waals surface area (Å²) in [4.78, 5) is 8.86. The summed E-state index contributed by atoms with van der Waals surface area (Å²) in [6, 6.07) is 3.82. The summed E-state index contributed by atoms with van der Waals surface area (Å²) in [6.45, 7) is 8.98. The first-order chi connectivity index (χ1) is 9.13. The van der Waals surface area contributed by atoms with Crippen molar-refractivity contribution in [3.8, 4) is 10.8 Å². The molecule has 6 heteroatoms. The van der Waals surface area contributed by atoms with Gasteiger partial charge in [-0.25, -0.2) is 0 Å². The minimum atomic E-state index is -0.210. The third-order valence-corrected chi connectivity index (χ3v) is 4.06. The maximum absolute atomic E-state index is 6.12. The molecular weight excluding hydrogens is 260 g/mol. The summed E-state index contributed by atoms with van der Waals surface area (Å²) in [6.07, 6.45) is 0. The standard InChI is InChI=1S/C13H20N4OS/c1-4-17(5-2)8-10(14)12-15-13(18-16-12)11-7-6-9(3)19-11/h6-7,10H,4-5,8,14H2,1-3H3. The minimum Gasteiger partial charge on any atom is -0.333 e. The van der Waals surface area contributed by atoms with Crippen LogP contribution in [0.4, 0.5) is 0 Å². The van der Waals surface area contributed by atoms with E-state index in [4.69, 9.17) is 10.3 Å². The number of aromatic nitrogens is 2. The number of aryl methyl sites for hydroxylation is 1. The average molecular weight is 280 g/mol. The Morgan fingerprint density at radius 2 is 2.11 bits per heavy atom. The van der Waals surface area contributed by atoms with Gasteiger partial charge in [-0.3, -0.25) is 0 Å². The number of thiophene rings is 1. The summed E-state index contributed by atoms with van der Waals surface area (Å²) in [7, 11) is 0. The molecular formula is C13H20N4OS. The van der Waals surface area contributed by atoms with Gasteiger partial charge in [-0.2, -0.15) is 4.98 Å². The van der Waals surface area contributed by atoms with E-state index in [0.29, 0.717) is 11.7 Å². The third kappa shape index (κ3) is 3.40. The fourth-order valence-electron chi connectivity index (χ4n) is 1.88. The molecule has 0 bridgehead atoms. The lowest BCUT2D eigenvalue weighted by Crippen LogP contribution is -2.32. The summed E-state index contributed by atoms with van der Waals surface area (Å²) >= 11 is 1.64. The van der Waals surface area contributed by atoms with Crippen LogP contribution >= 0.6 is 11.3 Å². The topological polar surface area (TPSA) is 68.2 Å². The van der Waals surface area contributed by atoms with E-state index in [1.165, 1.54) is 4.88 Å². The Labute approximate surface area is 117 Å². The molecule has 19 heavy (non-hydrogen) atoms. The molecule has 104 valence electrons. The Morgan fingerprint density at radius 3 is 2.68 bits per heavy atom. The van der Waals surface area contributed by atoms with Crippen molar-refractivity contribution in [3.05, 3.63) is 22.8 Å². The van der Waals surface area contributed by atoms with Gasteiger partial charge in [0.05, 0.1) is 10.9 Å². The monoisotopic (exact) mass is 280 g/mol. The van der Waals surface area contributed by atoms with Crippen LogP contribution in [0.5, 0.6) is 0 Å². The minimum absolute atomic E-state index is 0.210. The first-order valence-electron chi connectivity index (χ1n) is 6.52. The molecule has 0 aliphatic carbocycles. The van der Waals surface area contributed by atoms with E-state index in [9.17, 15) is 0 Å². The van der Waals surface area contributed by atoms with Gasteiger partial charge in [-0.05, 0) is 32.1 Å². The molecule has 0 saturated heterocycles. The van der Waals surface area contributed by atoms with Crippen molar-refractivity contribution in [1.82, 2.24) is 15.0 Å². The van der Waals surface area contributed by atoms with E-state index in [1.54, 1.807) is 11.3 Å². The Balaban J connectivity index is 2.08. The molecule has 2 heterocycles. The predicted octanol–water partition coefficient (Wildman–Crippen LogP) is 2.45. The highest BCUT2D eigenvalue weighted by Crippen LogP contribution is 2.26. The summed E-state index contributed by atoms with van der Waals surface area (Å²) < 4.78 is 5.28. The fourth-order valence-corrected chi connectivity index (χ4v) is 2.67. The quantitative estimate of drug-likeness (QED) is 0.880. The number of hydrogen-bond acceptors (Lipinski definition) is 6. The maximum atomic E-state index is 6.12. The lowest BCUT2D eigenvalue weighted by Gasteiger charge is -2.20. The summed E-state index contributed by atoms with van der Waals surface area (Å²) in [5.41, 5.74) is 6.12. The Bertz CT molecular complexity index is 518. The zero-order chi connectivity index (χ0) is 13.8. The summed E-state index contributed by atoms with van der Waals surface area (Å²) in [5, 5.41) is 3.99. The van der Waals surface area contributed by atoms with Gasteiger partial charge in [0.1, 0.15) is 0 Å².